The molecule has 2 N–H and O–H groups in total. The number of fused-ring (bicyclic) bond motifs is 1. The average Bonchev–Trinajstić information content (AvgIpc) is 3.03. The van der Waals surface area contributed by atoms with Crippen LogP contribution < -0.4 is 23.8 Å². The first-order chi connectivity index (χ1) is 12.5. The molecular weight excluding hydrogens is 348 g/mol. The van der Waals surface area contributed by atoms with Crippen molar-refractivity contribution in [2.45, 2.75) is 19.7 Å². The maximum absolute atomic E-state index is 12.4. The van der Waals surface area contributed by atoms with Gasteiger partial charge in [0.1, 0.15) is 18.8 Å². The van der Waals surface area contributed by atoms with Gasteiger partial charge in [0, 0.05) is 11.6 Å². The lowest BCUT2D eigenvalue weighted by Gasteiger charge is -2.17. The highest BCUT2D eigenvalue weighted by Crippen LogP contribution is 2.37. The second-order valence-electron chi connectivity index (χ2n) is 6.01. The van der Waals surface area contributed by atoms with Crippen LogP contribution in [0.1, 0.15) is 11.1 Å². The lowest BCUT2D eigenvalue weighted by atomic mass is 10.1. The van der Waals surface area contributed by atoms with Gasteiger partial charge in [-0.1, -0.05) is 0 Å². The second kappa shape index (κ2) is 7.65. The second-order valence-corrected chi connectivity index (χ2v) is 6.01. The molecule has 1 heterocycles. The predicted molar refractivity (Wildman–Crippen MR) is 88.2 cm³/mol. The first-order valence-electron chi connectivity index (χ1n) is 8.00. The van der Waals surface area contributed by atoms with E-state index in [2.05, 4.69) is 4.74 Å². The Balaban J connectivity index is 1.69. The standard InChI is InChI=1S/C18H19F2NO5/c1-21(9-12-6-16-17(7-13(12)22)25-10-24-16)8-11-3-4-14(26-18(19)20)15(5-11)23-2/h3-7,18,22H,8-10H2,1-2H3/p+1. The van der Waals surface area contributed by atoms with Crippen LogP contribution in [0, 0.1) is 0 Å². The third-order valence-electron chi connectivity index (χ3n) is 4.02. The molecule has 8 heteroatoms. The Bertz CT molecular complexity index is 784. The highest BCUT2D eigenvalue weighted by Gasteiger charge is 2.19. The summed E-state index contributed by atoms with van der Waals surface area (Å²) in [5.74, 6) is 1.54. The van der Waals surface area contributed by atoms with Crippen molar-refractivity contribution in [3.63, 3.8) is 0 Å². The molecule has 3 rings (SSSR count). The van der Waals surface area contributed by atoms with E-state index in [-0.39, 0.29) is 24.0 Å². The van der Waals surface area contributed by atoms with E-state index in [9.17, 15) is 13.9 Å². The summed E-state index contributed by atoms with van der Waals surface area (Å²) in [5.41, 5.74) is 1.62. The lowest BCUT2D eigenvalue weighted by Crippen LogP contribution is -3.06. The number of nitrogens with one attached hydrogen (secondary N) is 1. The van der Waals surface area contributed by atoms with Crippen molar-refractivity contribution < 1.29 is 37.7 Å². The summed E-state index contributed by atoms with van der Waals surface area (Å²) in [6.45, 7) is -1.62. The summed E-state index contributed by atoms with van der Waals surface area (Å²) in [4.78, 5) is 1.07. The van der Waals surface area contributed by atoms with Gasteiger partial charge in [-0.25, -0.2) is 0 Å². The largest absolute Gasteiger partial charge is 0.507 e. The van der Waals surface area contributed by atoms with Crippen LogP contribution >= 0.6 is 0 Å². The molecule has 1 atom stereocenters. The zero-order valence-electron chi connectivity index (χ0n) is 14.4. The van der Waals surface area contributed by atoms with Crippen LogP contribution in [0.15, 0.2) is 30.3 Å². The maximum Gasteiger partial charge on any atom is 0.387 e. The molecule has 0 spiro atoms. The summed E-state index contributed by atoms with van der Waals surface area (Å²) < 4.78 is 44.9. The van der Waals surface area contributed by atoms with Crippen LogP contribution in [-0.4, -0.2) is 32.7 Å². The maximum atomic E-state index is 12.4. The molecule has 0 saturated heterocycles. The summed E-state index contributed by atoms with van der Waals surface area (Å²) in [7, 11) is 3.36. The lowest BCUT2D eigenvalue weighted by molar-refractivity contribution is -0.907. The highest BCUT2D eigenvalue weighted by atomic mass is 19.3. The smallest absolute Gasteiger partial charge is 0.387 e. The van der Waals surface area contributed by atoms with E-state index < -0.39 is 6.61 Å². The van der Waals surface area contributed by atoms with Crippen LogP contribution in [0.2, 0.25) is 0 Å². The topological polar surface area (TPSA) is 61.6 Å². The molecule has 0 bridgehead atoms. The van der Waals surface area contributed by atoms with Gasteiger partial charge in [-0.3, -0.25) is 0 Å². The number of rotatable bonds is 7. The number of ether oxygens (including phenoxy) is 4. The number of hydrogen-bond donors (Lipinski definition) is 2. The van der Waals surface area contributed by atoms with Crippen molar-refractivity contribution in [1.29, 1.82) is 0 Å². The van der Waals surface area contributed by atoms with Crippen LogP contribution in [0.4, 0.5) is 8.78 Å². The summed E-state index contributed by atoms with van der Waals surface area (Å²) in [6, 6.07) is 8.15. The van der Waals surface area contributed by atoms with E-state index in [0.717, 1.165) is 16.0 Å². The summed E-state index contributed by atoms with van der Waals surface area (Å²) >= 11 is 0. The normalized spacial score (nSPS) is 13.7. The Morgan fingerprint density at radius 3 is 2.54 bits per heavy atom. The molecule has 0 aromatic heterocycles. The number of alkyl halides is 2. The van der Waals surface area contributed by atoms with Gasteiger partial charge in [0.2, 0.25) is 6.79 Å². The van der Waals surface area contributed by atoms with Gasteiger partial charge >= 0.3 is 6.61 Å². The van der Waals surface area contributed by atoms with Crippen molar-refractivity contribution in [2.24, 2.45) is 0 Å². The number of benzene rings is 2. The van der Waals surface area contributed by atoms with Crippen molar-refractivity contribution >= 4 is 0 Å². The molecule has 1 aliphatic heterocycles. The third kappa shape index (κ3) is 4.08. The van der Waals surface area contributed by atoms with Gasteiger partial charge in [0.05, 0.1) is 19.7 Å². The summed E-state index contributed by atoms with van der Waals surface area (Å²) in [6.07, 6.45) is 0. The van der Waals surface area contributed by atoms with Crippen LogP contribution in [0.5, 0.6) is 28.7 Å². The number of phenols is 1. The molecule has 1 aliphatic rings. The minimum Gasteiger partial charge on any atom is -0.507 e. The number of methoxy groups -OCH3 is 1. The average molecular weight is 368 g/mol. The Hall–Kier alpha value is -2.74. The monoisotopic (exact) mass is 368 g/mol. The Kier molecular flexibility index (Phi) is 5.32. The van der Waals surface area contributed by atoms with E-state index >= 15 is 0 Å². The zero-order chi connectivity index (χ0) is 18.7. The quantitative estimate of drug-likeness (QED) is 0.782. The van der Waals surface area contributed by atoms with Crippen LogP contribution in [0.25, 0.3) is 0 Å². The molecule has 2 aromatic carbocycles. The van der Waals surface area contributed by atoms with Crippen LogP contribution in [-0.2, 0) is 13.1 Å². The third-order valence-corrected chi connectivity index (χ3v) is 4.02. The van der Waals surface area contributed by atoms with Gasteiger partial charge < -0.3 is 29.0 Å². The first-order valence-corrected chi connectivity index (χ1v) is 8.00. The molecule has 140 valence electrons. The first kappa shape index (κ1) is 18.1. The molecule has 6 nitrogen and oxygen atoms in total. The van der Waals surface area contributed by atoms with Gasteiger partial charge in [-0.05, 0) is 24.3 Å². The van der Waals surface area contributed by atoms with E-state index in [0.29, 0.717) is 24.6 Å². The fraction of sp³-hybridized carbons (Fsp3) is 0.333. The Labute approximate surface area is 149 Å². The summed E-state index contributed by atoms with van der Waals surface area (Å²) in [5, 5.41) is 10.1. The van der Waals surface area contributed by atoms with Crippen molar-refractivity contribution in [1.82, 2.24) is 0 Å². The predicted octanol–water partition coefficient (Wildman–Crippen LogP) is 1.95. The fourth-order valence-corrected chi connectivity index (χ4v) is 2.87. The number of aromatic hydroxyl groups is 1. The van der Waals surface area contributed by atoms with Gasteiger partial charge in [0.15, 0.2) is 23.0 Å². The van der Waals surface area contributed by atoms with E-state index in [1.165, 1.54) is 13.2 Å². The Morgan fingerprint density at radius 1 is 1.12 bits per heavy atom. The van der Waals surface area contributed by atoms with Gasteiger partial charge in [0.25, 0.3) is 0 Å². The van der Waals surface area contributed by atoms with Gasteiger partial charge in [-0.2, -0.15) is 8.78 Å². The van der Waals surface area contributed by atoms with E-state index in [4.69, 9.17) is 14.2 Å². The Morgan fingerprint density at radius 2 is 1.85 bits per heavy atom. The molecule has 0 fully saturated rings. The molecule has 1 unspecified atom stereocenters. The number of halogens is 2. The minimum absolute atomic E-state index is 0.00248. The van der Waals surface area contributed by atoms with Crippen molar-refractivity contribution in [3.8, 4) is 28.7 Å². The number of phenolic OH excluding ortho intramolecular Hbond substituents is 1. The van der Waals surface area contributed by atoms with Crippen LogP contribution in [0.3, 0.4) is 0 Å². The molecule has 0 saturated carbocycles. The number of hydrogen-bond acceptors (Lipinski definition) is 5. The molecule has 0 amide bonds. The minimum atomic E-state index is -2.91. The van der Waals surface area contributed by atoms with Gasteiger partial charge in [-0.15, -0.1) is 0 Å². The zero-order valence-corrected chi connectivity index (χ0v) is 14.4. The molecule has 26 heavy (non-hydrogen) atoms. The molecule has 0 aliphatic carbocycles. The molecule has 2 aromatic rings. The molecule has 0 radical (unpaired) electrons. The number of quaternary nitrogens is 1. The van der Waals surface area contributed by atoms with E-state index in [1.807, 2.05) is 7.05 Å². The molecular formula is C18H20F2NO5+. The SMILES string of the molecule is COc1cc(C[NH+](C)Cc2cc3c(cc2O)OCO3)ccc1OC(F)F. The van der Waals surface area contributed by atoms with Crippen molar-refractivity contribution in [3.05, 3.63) is 41.5 Å². The van der Waals surface area contributed by atoms with E-state index in [1.54, 1.807) is 24.3 Å². The fourth-order valence-electron chi connectivity index (χ4n) is 2.87. The highest BCUT2D eigenvalue weighted by molar-refractivity contribution is 5.51. The van der Waals surface area contributed by atoms with Crippen molar-refractivity contribution in [2.75, 3.05) is 21.0 Å².